The monoisotopic (exact) mass is 427 g/mol. The molecule has 30 heavy (non-hydrogen) atoms. The summed E-state index contributed by atoms with van der Waals surface area (Å²) in [7, 11) is 0. The first kappa shape index (κ1) is 26.9. The van der Waals surface area contributed by atoms with Crippen molar-refractivity contribution in [3.05, 3.63) is 0 Å². The van der Waals surface area contributed by atoms with Crippen molar-refractivity contribution in [2.24, 2.45) is 0 Å². The fraction of sp³-hybridized carbons (Fsp3) is 0.913. The molecule has 0 saturated carbocycles. The molecule has 7 heteroatoms. The number of hydrogen-bond donors (Lipinski definition) is 3. The van der Waals surface area contributed by atoms with Crippen molar-refractivity contribution in [1.29, 1.82) is 0 Å². The van der Waals surface area contributed by atoms with E-state index in [1.54, 1.807) is 5.06 Å². The van der Waals surface area contributed by atoms with Crippen LogP contribution in [0.5, 0.6) is 0 Å². The maximum atomic E-state index is 11.6. The van der Waals surface area contributed by atoms with Crippen LogP contribution in [0.1, 0.15) is 98.3 Å². The van der Waals surface area contributed by atoms with Gasteiger partial charge < -0.3 is 20.6 Å². The van der Waals surface area contributed by atoms with Gasteiger partial charge in [0.2, 0.25) is 0 Å². The molecule has 0 amide bonds. The first-order valence-electron chi connectivity index (χ1n) is 11.8. The van der Waals surface area contributed by atoms with Crippen LogP contribution in [0.3, 0.4) is 0 Å². The summed E-state index contributed by atoms with van der Waals surface area (Å²) in [4.78, 5) is 27.2. The smallest absolute Gasteiger partial charge is 0.325 e. The van der Waals surface area contributed by atoms with Crippen molar-refractivity contribution in [2.45, 2.75) is 109 Å². The summed E-state index contributed by atoms with van der Waals surface area (Å²) in [5.74, 6) is -0.830. The number of nitrogens with one attached hydrogen (secondary N) is 2. The Hall–Kier alpha value is -1.18. The third-order valence-corrected chi connectivity index (χ3v) is 5.38. The molecule has 2 aliphatic rings. The van der Waals surface area contributed by atoms with Crippen molar-refractivity contribution < 1.29 is 19.5 Å². The Morgan fingerprint density at radius 1 is 0.833 bits per heavy atom. The second-order valence-electron chi connectivity index (χ2n) is 9.96. The van der Waals surface area contributed by atoms with Crippen molar-refractivity contribution in [2.75, 3.05) is 26.2 Å². The lowest BCUT2D eigenvalue weighted by molar-refractivity contribution is -0.194. The highest BCUT2D eigenvalue weighted by Gasteiger charge is 2.31. The Morgan fingerprint density at radius 2 is 1.33 bits per heavy atom. The summed E-state index contributed by atoms with van der Waals surface area (Å²) in [6.07, 6.45) is 9.94. The van der Waals surface area contributed by atoms with E-state index < -0.39 is 5.97 Å². The third-order valence-electron chi connectivity index (χ3n) is 5.38. The minimum absolute atomic E-state index is 0.113. The van der Waals surface area contributed by atoms with Crippen molar-refractivity contribution in [3.8, 4) is 0 Å². The summed E-state index contributed by atoms with van der Waals surface area (Å²) < 4.78 is 0. The summed E-state index contributed by atoms with van der Waals surface area (Å²) in [5, 5.41) is 17.3. The van der Waals surface area contributed by atoms with Gasteiger partial charge in [-0.05, 0) is 53.4 Å². The molecule has 0 spiro atoms. The molecule has 2 fully saturated rings. The van der Waals surface area contributed by atoms with Crippen LogP contribution < -0.4 is 10.6 Å². The van der Waals surface area contributed by atoms with Crippen molar-refractivity contribution >= 4 is 11.9 Å². The number of aliphatic carboxylic acids is 1. The SMILES string of the molecule is CC1(C)CNCC(C)(C)N1.O=C(O)CCCCCCCCC(=O)ON1CCCCC1. The number of nitrogens with zero attached hydrogens (tertiary/aromatic N) is 1. The number of hydrogen-bond acceptors (Lipinski definition) is 6. The van der Waals surface area contributed by atoms with Gasteiger partial charge in [-0.2, -0.15) is 0 Å². The number of carbonyl (C=O) groups excluding carboxylic acids is 1. The number of carboxylic acids is 1. The van der Waals surface area contributed by atoms with E-state index in [1.807, 2.05) is 0 Å². The lowest BCUT2D eigenvalue weighted by Gasteiger charge is -2.42. The van der Waals surface area contributed by atoms with Gasteiger partial charge in [-0.3, -0.25) is 9.59 Å². The summed E-state index contributed by atoms with van der Waals surface area (Å²) in [5.41, 5.74) is 0.503. The predicted molar refractivity (Wildman–Crippen MR) is 120 cm³/mol. The highest BCUT2D eigenvalue weighted by Crippen LogP contribution is 2.14. The Bertz CT molecular complexity index is 489. The maximum absolute atomic E-state index is 11.6. The average molecular weight is 428 g/mol. The van der Waals surface area contributed by atoms with Crippen LogP contribution in [0.25, 0.3) is 0 Å². The molecule has 2 saturated heterocycles. The molecule has 2 rings (SSSR count). The number of hydroxylamine groups is 2. The van der Waals surface area contributed by atoms with Crippen molar-refractivity contribution in [3.63, 3.8) is 0 Å². The van der Waals surface area contributed by atoms with E-state index in [0.29, 0.717) is 6.42 Å². The second kappa shape index (κ2) is 14.0. The Labute approximate surface area is 183 Å². The van der Waals surface area contributed by atoms with E-state index in [9.17, 15) is 9.59 Å². The largest absolute Gasteiger partial charge is 0.481 e. The minimum Gasteiger partial charge on any atom is -0.481 e. The molecule has 0 bridgehead atoms. The predicted octanol–water partition coefficient (Wildman–Crippen LogP) is 3.87. The zero-order chi connectivity index (χ0) is 22.5. The molecular formula is C23H45N3O4. The number of rotatable bonds is 10. The number of piperidine rings is 1. The van der Waals surface area contributed by atoms with Crippen LogP contribution >= 0.6 is 0 Å². The lowest BCUT2D eigenvalue weighted by atomic mass is 9.93. The molecule has 0 aromatic heterocycles. The van der Waals surface area contributed by atoms with Gasteiger partial charge in [0.05, 0.1) is 0 Å². The van der Waals surface area contributed by atoms with Crippen molar-refractivity contribution in [1.82, 2.24) is 15.7 Å². The van der Waals surface area contributed by atoms with Crippen LogP contribution in [0.4, 0.5) is 0 Å². The lowest BCUT2D eigenvalue weighted by Crippen LogP contribution is -2.65. The Balaban J connectivity index is 0.000000375. The first-order chi connectivity index (χ1) is 14.1. The Kier molecular flexibility index (Phi) is 12.5. The van der Waals surface area contributed by atoms with Gasteiger partial charge in [-0.25, -0.2) is 0 Å². The topological polar surface area (TPSA) is 90.9 Å². The molecule has 3 N–H and O–H groups in total. The van der Waals surface area contributed by atoms with Gasteiger partial charge in [0.1, 0.15) is 0 Å². The second-order valence-corrected chi connectivity index (χ2v) is 9.96. The van der Waals surface area contributed by atoms with E-state index in [0.717, 1.165) is 77.5 Å². The maximum Gasteiger partial charge on any atom is 0.325 e. The molecule has 0 unspecified atom stereocenters. The van der Waals surface area contributed by atoms with Gasteiger partial charge >= 0.3 is 11.9 Å². The number of carbonyl (C=O) groups is 2. The van der Waals surface area contributed by atoms with E-state index in [4.69, 9.17) is 9.94 Å². The van der Waals surface area contributed by atoms with Gasteiger partial charge in [0, 0.05) is 50.1 Å². The third kappa shape index (κ3) is 13.9. The normalized spacial score (nSPS) is 20.7. The minimum atomic E-state index is -0.717. The summed E-state index contributed by atoms with van der Waals surface area (Å²) >= 11 is 0. The van der Waals surface area contributed by atoms with E-state index in [2.05, 4.69) is 38.3 Å². The van der Waals surface area contributed by atoms with E-state index in [-0.39, 0.29) is 23.5 Å². The van der Waals surface area contributed by atoms with Gasteiger partial charge in [-0.1, -0.05) is 32.1 Å². The molecular weight excluding hydrogens is 382 g/mol. The molecule has 0 radical (unpaired) electrons. The highest BCUT2D eigenvalue weighted by atomic mass is 16.7. The zero-order valence-corrected chi connectivity index (χ0v) is 19.7. The van der Waals surface area contributed by atoms with Gasteiger partial charge in [0.25, 0.3) is 0 Å². The highest BCUT2D eigenvalue weighted by molar-refractivity contribution is 5.68. The summed E-state index contributed by atoms with van der Waals surface area (Å²) in [6, 6.07) is 0. The molecule has 2 heterocycles. The van der Waals surface area contributed by atoms with Gasteiger partial charge in [-0.15, -0.1) is 5.06 Å². The fourth-order valence-corrected chi connectivity index (χ4v) is 4.09. The molecule has 0 aromatic rings. The number of unbranched alkanes of at least 4 members (excludes halogenated alkanes) is 5. The van der Waals surface area contributed by atoms with Crippen LogP contribution in [0.2, 0.25) is 0 Å². The molecule has 176 valence electrons. The summed E-state index contributed by atoms with van der Waals surface area (Å²) in [6.45, 7) is 12.8. The van der Waals surface area contributed by atoms with Crippen LogP contribution in [0, 0.1) is 0 Å². The molecule has 0 aromatic carbocycles. The van der Waals surface area contributed by atoms with Crippen LogP contribution in [0.15, 0.2) is 0 Å². The standard InChI is InChI=1S/C15H27NO4.C8H18N2/c17-14(18)10-6-3-1-2-4-7-11-15(19)20-16-12-8-5-9-13-16;1-7(2)5-9-6-8(3,4)10-7/h1-13H2,(H,17,18);9-10H,5-6H2,1-4H3. The van der Waals surface area contributed by atoms with Gasteiger partial charge in [0.15, 0.2) is 0 Å². The van der Waals surface area contributed by atoms with Crippen LogP contribution in [-0.4, -0.2) is 59.4 Å². The fourth-order valence-electron chi connectivity index (χ4n) is 4.09. The van der Waals surface area contributed by atoms with E-state index in [1.165, 1.54) is 6.42 Å². The quantitative estimate of drug-likeness (QED) is 0.456. The molecule has 7 nitrogen and oxygen atoms in total. The average Bonchev–Trinajstić information content (AvgIpc) is 2.63. The number of carboxylic acid groups (broad SMARTS) is 1. The molecule has 0 aliphatic carbocycles. The molecule has 0 atom stereocenters. The van der Waals surface area contributed by atoms with Crippen LogP contribution in [-0.2, 0) is 14.4 Å². The number of piperazine rings is 1. The Morgan fingerprint density at radius 3 is 1.80 bits per heavy atom. The first-order valence-corrected chi connectivity index (χ1v) is 11.8. The molecule has 2 aliphatic heterocycles. The zero-order valence-electron chi connectivity index (χ0n) is 19.7. The van der Waals surface area contributed by atoms with E-state index >= 15 is 0 Å².